The third-order valence-electron chi connectivity index (χ3n) is 5.17. The predicted molar refractivity (Wildman–Crippen MR) is 91.4 cm³/mol. The van der Waals surface area contributed by atoms with Crippen LogP contribution in [0.5, 0.6) is 0 Å². The molecule has 2 heterocycles. The van der Waals surface area contributed by atoms with Crippen molar-refractivity contribution in [3.63, 3.8) is 0 Å². The summed E-state index contributed by atoms with van der Waals surface area (Å²) in [6.07, 6.45) is 3.50. The lowest BCUT2D eigenvalue weighted by Gasteiger charge is -2.35. The monoisotopic (exact) mass is 361 g/mol. The summed E-state index contributed by atoms with van der Waals surface area (Å²) in [5, 5.41) is 11.1. The molecule has 1 aromatic carbocycles. The number of aromatic nitrogens is 3. The van der Waals surface area contributed by atoms with E-state index in [-0.39, 0.29) is 24.8 Å². The molecule has 138 valence electrons. The van der Waals surface area contributed by atoms with Gasteiger partial charge in [0.2, 0.25) is 0 Å². The number of rotatable bonds is 4. The zero-order chi connectivity index (χ0) is 18.3. The third kappa shape index (κ3) is 3.33. The van der Waals surface area contributed by atoms with Crippen molar-refractivity contribution in [1.29, 1.82) is 0 Å². The van der Waals surface area contributed by atoms with Crippen LogP contribution in [0.15, 0.2) is 30.5 Å². The Morgan fingerprint density at radius 1 is 1.35 bits per heavy atom. The number of carbonyl (C=O) groups is 1. The number of nitrogens with one attached hydrogen (secondary N) is 1. The van der Waals surface area contributed by atoms with Gasteiger partial charge in [-0.15, -0.1) is 5.10 Å². The van der Waals surface area contributed by atoms with Crippen molar-refractivity contribution in [2.45, 2.75) is 43.7 Å². The van der Waals surface area contributed by atoms with Gasteiger partial charge in [0.15, 0.2) is 0 Å². The minimum absolute atomic E-state index is 0.274. The molecule has 1 unspecified atom stereocenters. The molecule has 2 aromatic rings. The van der Waals surface area contributed by atoms with E-state index in [1.165, 1.54) is 0 Å². The van der Waals surface area contributed by atoms with Crippen molar-refractivity contribution >= 4 is 5.91 Å². The molecule has 1 aromatic heterocycles. The molecular formula is C18H21F2N5O. The summed E-state index contributed by atoms with van der Waals surface area (Å²) in [4.78, 5) is 14.5. The fraction of sp³-hybridized carbons (Fsp3) is 0.500. The fourth-order valence-corrected chi connectivity index (χ4v) is 3.66. The first kappa shape index (κ1) is 17.1. The standard InChI is InChI=1S/C18H21F2N5O/c1-24-7-3-6-16(24)15-11-25(23-22-15)14-5-2-4-12(8-14)17(26)21-13-9-18(19,20)10-13/h2,4-5,8,11,13,16H,3,6-7,9-10H2,1H3,(H,21,26). The molecule has 0 bridgehead atoms. The summed E-state index contributed by atoms with van der Waals surface area (Å²) in [5.41, 5.74) is 2.06. The van der Waals surface area contributed by atoms with E-state index in [1.54, 1.807) is 22.9 Å². The molecule has 0 spiro atoms. The van der Waals surface area contributed by atoms with Crippen molar-refractivity contribution in [2.24, 2.45) is 0 Å². The maximum absolute atomic E-state index is 12.9. The predicted octanol–water partition coefficient (Wildman–Crippen LogP) is 2.56. The molecule has 2 aliphatic rings. The van der Waals surface area contributed by atoms with Gasteiger partial charge in [-0.2, -0.15) is 0 Å². The molecule has 1 N–H and O–H groups in total. The zero-order valence-electron chi connectivity index (χ0n) is 14.5. The van der Waals surface area contributed by atoms with Crippen LogP contribution in [0.4, 0.5) is 8.78 Å². The van der Waals surface area contributed by atoms with Crippen molar-refractivity contribution in [3.8, 4) is 5.69 Å². The van der Waals surface area contributed by atoms with Gasteiger partial charge in [0.1, 0.15) is 5.69 Å². The van der Waals surface area contributed by atoms with E-state index in [9.17, 15) is 13.6 Å². The molecule has 1 aliphatic heterocycles. The van der Waals surface area contributed by atoms with E-state index in [1.807, 2.05) is 12.3 Å². The second kappa shape index (κ2) is 6.42. The Morgan fingerprint density at radius 3 is 2.85 bits per heavy atom. The Labute approximate surface area is 150 Å². The average Bonchev–Trinajstić information content (AvgIpc) is 3.22. The van der Waals surface area contributed by atoms with Gasteiger partial charge in [0.05, 0.1) is 17.9 Å². The molecule has 6 nitrogen and oxygen atoms in total. The average molecular weight is 361 g/mol. The number of halogens is 2. The first-order valence-corrected chi connectivity index (χ1v) is 8.83. The van der Waals surface area contributed by atoms with Crippen molar-refractivity contribution in [3.05, 3.63) is 41.7 Å². The van der Waals surface area contributed by atoms with Crippen molar-refractivity contribution in [2.75, 3.05) is 13.6 Å². The molecule has 1 amide bonds. The van der Waals surface area contributed by atoms with Crippen LogP contribution in [0, 0.1) is 0 Å². The minimum atomic E-state index is -2.65. The van der Waals surface area contributed by atoms with Crippen LogP contribution in [-0.4, -0.2) is 51.4 Å². The highest BCUT2D eigenvalue weighted by Crippen LogP contribution is 2.37. The summed E-state index contributed by atoms with van der Waals surface area (Å²) >= 11 is 0. The van der Waals surface area contributed by atoms with Gasteiger partial charge in [-0.25, -0.2) is 13.5 Å². The molecule has 1 aliphatic carbocycles. The maximum atomic E-state index is 12.9. The van der Waals surface area contributed by atoms with Gasteiger partial charge < -0.3 is 5.32 Å². The molecule has 1 saturated heterocycles. The lowest BCUT2D eigenvalue weighted by Crippen LogP contribution is -2.50. The molecule has 26 heavy (non-hydrogen) atoms. The van der Waals surface area contributed by atoms with Crippen LogP contribution in [0.1, 0.15) is 47.8 Å². The molecule has 0 radical (unpaired) electrons. The Hall–Kier alpha value is -2.35. The van der Waals surface area contributed by atoms with Crippen molar-refractivity contribution < 1.29 is 13.6 Å². The van der Waals surface area contributed by atoms with Gasteiger partial charge in [-0.1, -0.05) is 11.3 Å². The zero-order valence-corrected chi connectivity index (χ0v) is 14.5. The Bertz CT molecular complexity index is 813. The second-order valence-electron chi connectivity index (χ2n) is 7.21. The van der Waals surface area contributed by atoms with E-state index < -0.39 is 12.0 Å². The van der Waals surface area contributed by atoms with E-state index in [4.69, 9.17) is 0 Å². The van der Waals surface area contributed by atoms with Crippen LogP contribution in [0.25, 0.3) is 5.69 Å². The van der Waals surface area contributed by atoms with Crippen LogP contribution in [0.2, 0.25) is 0 Å². The Balaban J connectivity index is 1.47. The van der Waals surface area contributed by atoms with Gasteiger partial charge in [-0.05, 0) is 44.6 Å². The smallest absolute Gasteiger partial charge is 0.252 e. The number of hydrogen-bond acceptors (Lipinski definition) is 4. The lowest BCUT2D eigenvalue weighted by molar-refractivity contribution is -0.0901. The Kier molecular flexibility index (Phi) is 4.22. The largest absolute Gasteiger partial charge is 0.349 e. The van der Waals surface area contributed by atoms with Gasteiger partial charge in [0, 0.05) is 24.4 Å². The maximum Gasteiger partial charge on any atom is 0.252 e. The molecular weight excluding hydrogens is 340 g/mol. The SMILES string of the molecule is CN1CCCC1c1cn(-c2cccc(C(=O)NC3CC(F)(F)C3)c2)nn1. The number of nitrogens with zero attached hydrogens (tertiary/aromatic N) is 4. The van der Waals surface area contributed by atoms with Crippen molar-refractivity contribution in [1.82, 2.24) is 25.2 Å². The summed E-state index contributed by atoms with van der Waals surface area (Å²) in [6.45, 7) is 1.05. The third-order valence-corrected chi connectivity index (χ3v) is 5.17. The van der Waals surface area contributed by atoms with Gasteiger partial charge in [0.25, 0.3) is 11.8 Å². The fourth-order valence-electron chi connectivity index (χ4n) is 3.66. The van der Waals surface area contributed by atoms with Gasteiger partial charge >= 0.3 is 0 Å². The summed E-state index contributed by atoms with van der Waals surface area (Å²) in [5.74, 6) is -2.99. The summed E-state index contributed by atoms with van der Waals surface area (Å²) < 4.78 is 27.5. The first-order chi connectivity index (χ1) is 12.4. The Morgan fingerprint density at radius 2 is 2.15 bits per heavy atom. The van der Waals surface area contributed by atoms with E-state index in [0.29, 0.717) is 5.56 Å². The van der Waals surface area contributed by atoms with Gasteiger partial charge in [-0.3, -0.25) is 9.69 Å². The van der Waals surface area contributed by atoms with E-state index in [2.05, 4.69) is 27.6 Å². The van der Waals surface area contributed by atoms with E-state index >= 15 is 0 Å². The molecule has 4 rings (SSSR count). The molecule has 8 heteroatoms. The number of amides is 1. The number of benzene rings is 1. The molecule has 1 saturated carbocycles. The van der Waals surface area contributed by atoms with E-state index in [0.717, 1.165) is 30.8 Å². The van der Waals surface area contributed by atoms with Crippen LogP contribution >= 0.6 is 0 Å². The number of alkyl halides is 2. The van der Waals surface area contributed by atoms with Crippen LogP contribution in [0.3, 0.4) is 0 Å². The summed E-state index contributed by atoms with van der Waals surface area (Å²) in [7, 11) is 2.08. The minimum Gasteiger partial charge on any atom is -0.349 e. The number of hydrogen-bond donors (Lipinski definition) is 1. The summed E-state index contributed by atoms with van der Waals surface area (Å²) in [6, 6.07) is 6.77. The number of likely N-dealkylation sites (tertiary alicyclic amines) is 1. The molecule has 2 fully saturated rings. The molecule has 1 atom stereocenters. The highest BCUT2D eigenvalue weighted by molar-refractivity contribution is 5.95. The van der Waals surface area contributed by atoms with Crippen LogP contribution in [-0.2, 0) is 0 Å². The first-order valence-electron chi connectivity index (χ1n) is 8.83. The lowest BCUT2D eigenvalue weighted by atomic mass is 9.88. The highest BCUT2D eigenvalue weighted by Gasteiger charge is 2.45. The highest BCUT2D eigenvalue weighted by atomic mass is 19.3. The topological polar surface area (TPSA) is 63.1 Å². The number of carbonyl (C=O) groups excluding carboxylic acids is 1. The quantitative estimate of drug-likeness (QED) is 0.909. The normalized spacial score (nSPS) is 23.0. The second-order valence-corrected chi connectivity index (χ2v) is 7.21. The van der Waals surface area contributed by atoms with Crippen LogP contribution < -0.4 is 5.32 Å².